The second-order valence-corrected chi connectivity index (χ2v) is 9.72. The lowest BCUT2D eigenvalue weighted by molar-refractivity contribution is 0.0628. The van der Waals surface area contributed by atoms with E-state index in [1.54, 1.807) is 23.5 Å². The highest BCUT2D eigenvalue weighted by atomic mass is 35.5. The number of thiophene rings is 1. The van der Waals surface area contributed by atoms with E-state index in [1.807, 2.05) is 24.3 Å². The van der Waals surface area contributed by atoms with E-state index in [2.05, 4.69) is 34.7 Å². The van der Waals surface area contributed by atoms with Gasteiger partial charge in [0, 0.05) is 20.0 Å². The molecule has 0 bridgehead atoms. The van der Waals surface area contributed by atoms with Crippen LogP contribution in [0.5, 0.6) is 0 Å². The third kappa shape index (κ3) is 4.16. The summed E-state index contributed by atoms with van der Waals surface area (Å²) in [5.74, 6) is 0.126. The minimum atomic E-state index is -0.461. The summed E-state index contributed by atoms with van der Waals surface area (Å²) in [7, 11) is 0. The summed E-state index contributed by atoms with van der Waals surface area (Å²) in [5, 5.41) is 10.4. The molecule has 0 saturated carbocycles. The molecule has 0 aliphatic carbocycles. The largest absolute Gasteiger partial charge is 0.272 e. The molecule has 0 unspecified atom stereocenters. The molecule has 3 heterocycles. The maximum Gasteiger partial charge on any atom is 0.156 e. The first-order valence-corrected chi connectivity index (χ1v) is 11.5. The lowest BCUT2D eigenvalue weighted by Crippen LogP contribution is -2.33. The van der Waals surface area contributed by atoms with Gasteiger partial charge in [0.25, 0.3) is 0 Å². The molecule has 0 saturated heterocycles. The quantitative estimate of drug-likeness (QED) is 0.398. The van der Waals surface area contributed by atoms with Gasteiger partial charge < -0.3 is 0 Å². The normalized spacial score (nSPS) is 16.2. The van der Waals surface area contributed by atoms with Gasteiger partial charge in [-0.2, -0.15) is 0 Å². The topological polar surface area (TPSA) is 59.4 Å². The number of aliphatic imine (C=N–C) groups is 1. The molecular weight excluding hydrogens is 455 g/mol. The molecule has 0 spiro atoms. The number of benzene rings is 2. The van der Waals surface area contributed by atoms with Gasteiger partial charge in [-0.05, 0) is 43.3 Å². The van der Waals surface area contributed by atoms with Gasteiger partial charge in [0.1, 0.15) is 23.5 Å². The van der Waals surface area contributed by atoms with Crippen molar-refractivity contribution in [2.45, 2.75) is 22.9 Å². The number of nitrogens with zero attached hydrogens (tertiary/aromatic N) is 3. The number of halogens is 2. The van der Waals surface area contributed by atoms with Crippen molar-refractivity contribution in [3.05, 3.63) is 80.8 Å². The number of nitrogens with one attached hydrogen (secondary N) is 1. The lowest BCUT2D eigenvalue weighted by Gasteiger charge is -2.23. The van der Waals surface area contributed by atoms with Crippen LogP contribution in [0.4, 0.5) is 4.39 Å². The number of aryl methyl sites for hydroxylation is 1. The smallest absolute Gasteiger partial charge is 0.156 e. The van der Waals surface area contributed by atoms with E-state index in [0.717, 1.165) is 26.2 Å². The molecule has 1 N–H and O–H groups in total. The van der Waals surface area contributed by atoms with Crippen LogP contribution in [0.1, 0.15) is 21.4 Å². The fourth-order valence-corrected chi connectivity index (χ4v) is 5.36. The van der Waals surface area contributed by atoms with E-state index in [9.17, 15) is 4.39 Å². The lowest BCUT2D eigenvalue weighted by atomic mass is 10.1. The summed E-state index contributed by atoms with van der Waals surface area (Å²) in [6.07, 6.45) is 0. The Balaban J connectivity index is 1.62. The minimum absolute atomic E-state index is 0.0601. The molecular formula is C22H16ClFN4OS2. The van der Waals surface area contributed by atoms with E-state index in [1.165, 1.54) is 22.7 Å². The number of fused-ring (bicyclic) bond motifs is 1. The second-order valence-electron chi connectivity index (χ2n) is 6.93. The molecule has 31 heavy (non-hydrogen) atoms. The highest BCUT2D eigenvalue weighted by Gasteiger charge is 2.24. The first-order chi connectivity index (χ1) is 15.1. The van der Waals surface area contributed by atoms with Gasteiger partial charge in [0.05, 0.1) is 16.1 Å². The Morgan fingerprint density at radius 1 is 1.16 bits per heavy atom. The first-order valence-electron chi connectivity index (χ1n) is 9.49. The van der Waals surface area contributed by atoms with Crippen LogP contribution in [0.2, 0.25) is 5.02 Å². The van der Waals surface area contributed by atoms with Crippen molar-refractivity contribution < 1.29 is 9.23 Å². The number of rotatable bonds is 4. The minimum Gasteiger partial charge on any atom is -0.272 e. The van der Waals surface area contributed by atoms with Gasteiger partial charge in [-0.3, -0.25) is 9.83 Å². The first kappa shape index (κ1) is 20.4. The Bertz CT molecular complexity index is 1310. The van der Waals surface area contributed by atoms with Gasteiger partial charge in [0.2, 0.25) is 0 Å². The number of hydrogen-bond donors (Lipinski definition) is 1. The van der Waals surface area contributed by atoms with E-state index >= 15 is 0 Å². The average molecular weight is 471 g/mol. The number of amidine groups is 1. The molecule has 156 valence electrons. The summed E-state index contributed by atoms with van der Waals surface area (Å²) in [5.41, 5.74) is 4.50. The molecule has 1 aliphatic rings. The van der Waals surface area contributed by atoms with Crippen molar-refractivity contribution in [2.24, 2.45) is 4.99 Å². The maximum absolute atomic E-state index is 13.6. The molecule has 0 radical (unpaired) electrons. The van der Waals surface area contributed by atoms with Crippen LogP contribution >= 0.6 is 34.7 Å². The van der Waals surface area contributed by atoms with Crippen LogP contribution in [0.15, 0.2) is 69.5 Å². The van der Waals surface area contributed by atoms with Gasteiger partial charge in [0.15, 0.2) is 5.84 Å². The Kier molecular flexibility index (Phi) is 5.62. The standard InChI is InChI=1S/C22H16ClFN4OS2/c1-12-6-9-19(30-12)18-11-29-28-21(25-18)20-14-4-2-3-5-17(14)26-27-22(20)31-13-7-8-16(24)15(23)10-13/h2-10,18H,11H2,1H3,(H,25,28)/t18-/m1/s1. The van der Waals surface area contributed by atoms with Gasteiger partial charge in [-0.15, -0.1) is 21.5 Å². The molecule has 2 aromatic carbocycles. The zero-order valence-electron chi connectivity index (χ0n) is 16.3. The predicted molar refractivity (Wildman–Crippen MR) is 122 cm³/mol. The monoisotopic (exact) mass is 470 g/mol. The van der Waals surface area contributed by atoms with E-state index in [4.69, 9.17) is 21.4 Å². The third-order valence-electron chi connectivity index (χ3n) is 4.76. The number of aromatic nitrogens is 2. The molecule has 0 fully saturated rings. The van der Waals surface area contributed by atoms with Crippen LogP contribution in [0.3, 0.4) is 0 Å². The van der Waals surface area contributed by atoms with Crippen molar-refractivity contribution in [3.8, 4) is 0 Å². The highest BCUT2D eigenvalue weighted by Crippen LogP contribution is 2.35. The molecule has 1 aliphatic heterocycles. The molecule has 2 aromatic heterocycles. The van der Waals surface area contributed by atoms with Crippen LogP contribution in [0, 0.1) is 12.7 Å². The number of hydroxylamine groups is 1. The fraction of sp³-hybridized carbons (Fsp3) is 0.136. The summed E-state index contributed by atoms with van der Waals surface area (Å²) >= 11 is 9.03. The summed E-state index contributed by atoms with van der Waals surface area (Å²) in [4.78, 5) is 13.8. The maximum atomic E-state index is 13.6. The second kappa shape index (κ2) is 8.55. The van der Waals surface area contributed by atoms with E-state index in [0.29, 0.717) is 17.5 Å². The van der Waals surface area contributed by atoms with Crippen molar-refractivity contribution in [2.75, 3.05) is 6.61 Å². The average Bonchev–Trinajstić information content (AvgIpc) is 3.22. The van der Waals surface area contributed by atoms with Crippen LogP contribution in [0.25, 0.3) is 10.9 Å². The summed E-state index contributed by atoms with van der Waals surface area (Å²) < 4.78 is 13.6. The molecule has 0 amide bonds. The van der Waals surface area contributed by atoms with Crippen LogP contribution < -0.4 is 5.48 Å². The van der Waals surface area contributed by atoms with Gasteiger partial charge in [-0.25, -0.2) is 9.87 Å². The zero-order chi connectivity index (χ0) is 21.4. The van der Waals surface area contributed by atoms with Crippen molar-refractivity contribution in [1.29, 1.82) is 0 Å². The molecule has 5 rings (SSSR count). The molecule has 5 nitrogen and oxygen atoms in total. The molecule has 9 heteroatoms. The van der Waals surface area contributed by atoms with E-state index < -0.39 is 5.82 Å². The number of hydrogen-bond acceptors (Lipinski definition) is 7. The predicted octanol–water partition coefficient (Wildman–Crippen LogP) is 5.97. The highest BCUT2D eigenvalue weighted by molar-refractivity contribution is 7.99. The van der Waals surface area contributed by atoms with Gasteiger partial charge >= 0.3 is 0 Å². The Morgan fingerprint density at radius 3 is 2.84 bits per heavy atom. The molecule has 1 atom stereocenters. The van der Waals surface area contributed by atoms with Gasteiger partial charge in [-0.1, -0.05) is 41.6 Å². The SMILES string of the molecule is Cc1ccc([C@H]2CONC(c3c(Sc4ccc(F)c(Cl)c4)nnc4ccccc34)=N2)s1. The molecule has 4 aromatic rings. The summed E-state index contributed by atoms with van der Waals surface area (Å²) in [6, 6.07) is 16.4. The van der Waals surface area contributed by atoms with Crippen molar-refractivity contribution in [3.63, 3.8) is 0 Å². The fourth-order valence-electron chi connectivity index (χ4n) is 3.29. The summed E-state index contributed by atoms with van der Waals surface area (Å²) in [6.45, 7) is 2.51. The Hall–Kier alpha value is -2.52. The van der Waals surface area contributed by atoms with Crippen LogP contribution in [-0.4, -0.2) is 22.6 Å². The Labute approximate surface area is 191 Å². The van der Waals surface area contributed by atoms with E-state index in [-0.39, 0.29) is 11.1 Å². The third-order valence-corrected chi connectivity index (χ3v) is 7.12. The zero-order valence-corrected chi connectivity index (χ0v) is 18.7. The van der Waals surface area contributed by atoms with Crippen molar-refractivity contribution >= 4 is 51.4 Å². The van der Waals surface area contributed by atoms with Crippen LogP contribution in [-0.2, 0) is 4.84 Å². The Morgan fingerprint density at radius 2 is 2.03 bits per heavy atom. The van der Waals surface area contributed by atoms with Crippen molar-refractivity contribution in [1.82, 2.24) is 15.7 Å².